The zero-order valence-corrected chi connectivity index (χ0v) is 15.3. The summed E-state index contributed by atoms with van der Waals surface area (Å²) in [6.07, 6.45) is -4.01. The molecule has 0 amide bonds. The Kier molecular flexibility index (Phi) is 6.62. The molecule has 1 heterocycles. The second-order valence-corrected chi connectivity index (χ2v) is 6.42. The summed E-state index contributed by atoms with van der Waals surface area (Å²) in [6.45, 7) is 1.81. The number of carbonyl (C=O) groups is 1. The molecule has 0 spiro atoms. The minimum atomic E-state index is -1.34. The fourth-order valence-corrected chi connectivity index (χ4v) is 3.07. The van der Waals surface area contributed by atoms with E-state index in [2.05, 4.69) is 10.0 Å². The lowest BCUT2D eigenvalue weighted by Gasteiger charge is -2.41. The number of azide groups is 1. The maximum atomic E-state index is 12.6. The van der Waals surface area contributed by atoms with Crippen LogP contribution in [0.2, 0.25) is 0 Å². The van der Waals surface area contributed by atoms with E-state index in [0.29, 0.717) is 5.56 Å². The normalized spacial score (nSPS) is 26.9. The van der Waals surface area contributed by atoms with Crippen molar-refractivity contribution in [3.63, 3.8) is 0 Å². The Bertz CT molecular complexity index is 826. The van der Waals surface area contributed by atoms with Crippen LogP contribution < -0.4 is 0 Å². The van der Waals surface area contributed by atoms with Crippen LogP contribution in [0.15, 0.2) is 65.8 Å². The number of carbonyl (C=O) groups excluding carboxylic acids is 1. The number of rotatable bonds is 6. The van der Waals surface area contributed by atoms with Gasteiger partial charge in [-0.2, -0.15) is 0 Å². The minimum Gasteiger partial charge on any atom is -0.455 e. The van der Waals surface area contributed by atoms with Gasteiger partial charge >= 0.3 is 5.97 Å². The van der Waals surface area contributed by atoms with Crippen molar-refractivity contribution in [2.24, 2.45) is 5.11 Å². The summed E-state index contributed by atoms with van der Waals surface area (Å²) in [7, 11) is 0. The predicted octanol–water partition coefficient (Wildman–Crippen LogP) is 3.21. The van der Waals surface area contributed by atoms with Gasteiger partial charge in [-0.15, -0.1) is 0 Å². The van der Waals surface area contributed by atoms with E-state index in [9.17, 15) is 9.90 Å². The number of aliphatic hydroxyl groups is 1. The molecule has 1 fully saturated rings. The van der Waals surface area contributed by atoms with Crippen molar-refractivity contribution in [2.45, 2.75) is 44.2 Å². The highest BCUT2D eigenvalue weighted by Gasteiger charge is 2.46. The van der Waals surface area contributed by atoms with Crippen LogP contribution in [0.25, 0.3) is 10.4 Å². The van der Waals surface area contributed by atoms with Gasteiger partial charge in [-0.1, -0.05) is 53.6 Å². The number of ether oxygens (including phenoxy) is 3. The maximum Gasteiger partial charge on any atom is 0.338 e. The topological polar surface area (TPSA) is 114 Å². The lowest BCUT2D eigenvalue weighted by molar-refractivity contribution is -0.264. The van der Waals surface area contributed by atoms with Crippen molar-refractivity contribution in [2.75, 3.05) is 0 Å². The van der Waals surface area contributed by atoms with Crippen molar-refractivity contribution in [3.05, 3.63) is 82.2 Å². The largest absolute Gasteiger partial charge is 0.455 e. The monoisotopic (exact) mass is 383 g/mol. The molecule has 3 rings (SSSR count). The molecule has 2 aromatic carbocycles. The molecule has 1 N–H and O–H groups in total. The van der Waals surface area contributed by atoms with E-state index in [0.717, 1.165) is 5.56 Å². The van der Waals surface area contributed by atoms with Gasteiger partial charge in [0.05, 0.1) is 18.3 Å². The number of esters is 1. The van der Waals surface area contributed by atoms with Gasteiger partial charge in [0.2, 0.25) is 0 Å². The first-order valence-corrected chi connectivity index (χ1v) is 8.89. The zero-order valence-electron chi connectivity index (χ0n) is 15.3. The third-order valence-electron chi connectivity index (χ3n) is 4.50. The summed E-state index contributed by atoms with van der Waals surface area (Å²) in [4.78, 5) is 15.4. The van der Waals surface area contributed by atoms with Crippen molar-refractivity contribution < 1.29 is 24.1 Å². The molecule has 1 aliphatic rings. The molecule has 2 aromatic rings. The molecule has 4 unspecified atom stereocenters. The van der Waals surface area contributed by atoms with E-state index >= 15 is 0 Å². The van der Waals surface area contributed by atoms with Crippen LogP contribution in [-0.2, 0) is 20.8 Å². The van der Waals surface area contributed by atoms with E-state index < -0.39 is 36.6 Å². The molecule has 8 heteroatoms. The average Bonchev–Trinajstić information content (AvgIpc) is 2.72. The van der Waals surface area contributed by atoms with Gasteiger partial charge in [0, 0.05) is 4.91 Å². The molecule has 0 aromatic heterocycles. The fourth-order valence-electron chi connectivity index (χ4n) is 3.07. The maximum absolute atomic E-state index is 12.6. The van der Waals surface area contributed by atoms with Crippen molar-refractivity contribution in [1.82, 2.24) is 0 Å². The smallest absolute Gasteiger partial charge is 0.338 e. The Labute approximate surface area is 162 Å². The number of aliphatic hydroxyl groups excluding tert-OH is 1. The molecule has 8 nitrogen and oxygen atoms in total. The molecule has 0 saturated carbocycles. The zero-order chi connectivity index (χ0) is 19.9. The molecule has 146 valence electrons. The molecule has 28 heavy (non-hydrogen) atoms. The van der Waals surface area contributed by atoms with Gasteiger partial charge in [0.1, 0.15) is 18.2 Å². The molecule has 0 radical (unpaired) electrons. The average molecular weight is 383 g/mol. The molecule has 1 aliphatic heterocycles. The summed E-state index contributed by atoms with van der Waals surface area (Å²) in [5.41, 5.74) is 10.1. The highest BCUT2D eigenvalue weighted by atomic mass is 16.7. The summed E-state index contributed by atoms with van der Waals surface area (Å²) in [5, 5.41) is 14.1. The SMILES string of the molecule is CC1O[C@H](O)C(OCc2ccccc2)C(OC(=O)c2ccccc2)C1N=[N+]=[N-]. The summed E-state index contributed by atoms with van der Waals surface area (Å²) in [5.74, 6) is -0.599. The highest BCUT2D eigenvalue weighted by molar-refractivity contribution is 5.89. The number of hydrogen-bond donors (Lipinski definition) is 1. The Morgan fingerprint density at radius 1 is 1.14 bits per heavy atom. The van der Waals surface area contributed by atoms with E-state index in [-0.39, 0.29) is 6.61 Å². The van der Waals surface area contributed by atoms with Crippen LogP contribution >= 0.6 is 0 Å². The third kappa shape index (κ3) is 4.68. The van der Waals surface area contributed by atoms with E-state index in [1.54, 1.807) is 37.3 Å². The Balaban J connectivity index is 1.82. The molecule has 1 saturated heterocycles. The summed E-state index contributed by atoms with van der Waals surface area (Å²) >= 11 is 0. The Hall–Kier alpha value is -2.90. The first kappa shape index (κ1) is 19.9. The van der Waals surface area contributed by atoms with Crippen molar-refractivity contribution >= 4 is 5.97 Å². The number of nitrogens with zero attached hydrogens (tertiary/aromatic N) is 3. The highest BCUT2D eigenvalue weighted by Crippen LogP contribution is 2.28. The fraction of sp³-hybridized carbons (Fsp3) is 0.350. The van der Waals surface area contributed by atoms with Gasteiger partial charge in [-0.25, -0.2) is 4.79 Å². The molecular formula is C20H21N3O5. The molecule has 0 aliphatic carbocycles. The second-order valence-electron chi connectivity index (χ2n) is 6.42. The van der Waals surface area contributed by atoms with Crippen molar-refractivity contribution in [1.29, 1.82) is 0 Å². The predicted molar refractivity (Wildman–Crippen MR) is 100 cm³/mol. The van der Waals surface area contributed by atoms with E-state index in [1.165, 1.54) is 0 Å². The van der Waals surface area contributed by atoms with Crippen LogP contribution in [0.4, 0.5) is 0 Å². The first-order chi connectivity index (χ1) is 13.6. The number of hydrogen-bond acceptors (Lipinski definition) is 6. The summed E-state index contributed by atoms with van der Waals surface area (Å²) < 4.78 is 16.9. The van der Waals surface area contributed by atoms with Gasteiger partial charge in [-0.05, 0) is 30.2 Å². The van der Waals surface area contributed by atoms with Crippen LogP contribution in [0.5, 0.6) is 0 Å². The van der Waals surface area contributed by atoms with Gasteiger partial charge in [0.15, 0.2) is 6.29 Å². The lowest BCUT2D eigenvalue weighted by atomic mass is 9.97. The lowest BCUT2D eigenvalue weighted by Crippen LogP contribution is -2.58. The third-order valence-corrected chi connectivity index (χ3v) is 4.50. The van der Waals surface area contributed by atoms with Crippen molar-refractivity contribution in [3.8, 4) is 0 Å². The second kappa shape index (κ2) is 9.34. The minimum absolute atomic E-state index is 0.169. The quantitative estimate of drug-likeness (QED) is 0.356. The molecule has 5 atom stereocenters. The number of benzene rings is 2. The Morgan fingerprint density at radius 3 is 2.43 bits per heavy atom. The van der Waals surface area contributed by atoms with Gasteiger partial charge in [0.25, 0.3) is 0 Å². The van der Waals surface area contributed by atoms with Crippen LogP contribution in [0, 0.1) is 0 Å². The van der Waals surface area contributed by atoms with Gasteiger partial charge in [-0.3, -0.25) is 0 Å². The summed E-state index contributed by atoms with van der Waals surface area (Å²) in [6, 6.07) is 16.9. The van der Waals surface area contributed by atoms with E-state index in [4.69, 9.17) is 19.7 Å². The standard InChI is InChI=1S/C20H21N3O5/c1-13-16(22-23-21)17(28-19(24)15-10-6-3-7-11-15)18(20(25)27-13)26-12-14-8-4-2-5-9-14/h2-11,13,16-18,20,25H,12H2,1H3/t13?,16?,17?,18?,20-/m0/s1. The van der Waals surface area contributed by atoms with E-state index in [1.807, 2.05) is 30.3 Å². The van der Waals surface area contributed by atoms with Crippen LogP contribution in [-0.4, -0.2) is 41.7 Å². The molecular weight excluding hydrogens is 362 g/mol. The first-order valence-electron chi connectivity index (χ1n) is 8.89. The van der Waals surface area contributed by atoms with Crippen LogP contribution in [0.1, 0.15) is 22.8 Å². The van der Waals surface area contributed by atoms with Gasteiger partial charge < -0.3 is 19.3 Å². The molecule has 0 bridgehead atoms. The Morgan fingerprint density at radius 2 is 1.79 bits per heavy atom. The van der Waals surface area contributed by atoms with Crippen LogP contribution in [0.3, 0.4) is 0 Å².